The zero-order valence-corrected chi connectivity index (χ0v) is 14.0. The van der Waals surface area contributed by atoms with Crippen LogP contribution in [0.15, 0.2) is 54.9 Å². The van der Waals surface area contributed by atoms with Gasteiger partial charge in [0.25, 0.3) is 5.91 Å². The molecule has 3 aromatic rings. The van der Waals surface area contributed by atoms with E-state index in [2.05, 4.69) is 10.00 Å². The van der Waals surface area contributed by atoms with E-state index in [0.717, 1.165) is 11.2 Å². The van der Waals surface area contributed by atoms with Gasteiger partial charge in [-0.2, -0.15) is 5.10 Å². The number of nitrogens with zero attached hydrogens (tertiary/aromatic N) is 4. The maximum Gasteiger partial charge on any atom is 0.258 e. The Morgan fingerprint density at radius 2 is 2.08 bits per heavy atom. The minimum atomic E-state index is -0.241. The molecule has 3 heterocycles. The Kier molecular flexibility index (Phi) is 3.87. The molecule has 1 aliphatic heterocycles. The fourth-order valence-corrected chi connectivity index (χ4v) is 3.42. The van der Waals surface area contributed by atoms with E-state index in [1.807, 2.05) is 42.3 Å². The highest BCUT2D eigenvalue weighted by atomic mass is 19.1. The molecule has 4 rings (SSSR count). The monoisotopic (exact) mass is 338 g/mol. The van der Waals surface area contributed by atoms with Gasteiger partial charge in [-0.25, -0.2) is 8.91 Å². The Balaban J connectivity index is 1.54. The number of hydrogen-bond donors (Lipinski definition) is 0. The van der Waals surface area contributed by atoms with Crippen LogP contribution in [0, 0.1) is 5.82 Å². The lowest BCUT2D eigenvalue weighted by Gasteiger charge is -2.41. The summed E-state index contributed by atoms with van der Waals surface area (Å²) in [6.45, 7) is 3.98. The van der Waals surface area contributed by atoms with Crippen LogP contribution in [0.1, 0.15) is 17.3 Å². The first-order valence-corrected chi connectivity index (χ1v) is 8.37. The molecule has 0 bridgehead atoms. The molecule has 128 valence electrons. The van der Waals surface area contributed by atoms with Gasteiger partial charge in [-0.1, -0.05) is 12.1 Å². The second-order valence-corrected chi connectivity index (χ2v) is 6.36. The van der Waals surface area contributed by atoms with Crippen molar-refractivity contribution >= 4 is 17.1 Å². The summed E-state index contributed by atoms with van der Waals surface area (Å²) < 4.78 is 15.2. The number of aromatic nitrogens is 2. The van der Waals surface area contributed by atoms with Crippen molar-refractivity contribution in [2.45, 2.75) is 13.0 Å². The summed E-state index contributed by atoms with van der Waals surface area (Å²) in [6.07, 6.45) is 3.46. The average molecular weight is 338 g/mol. The van der Waals surface area contributed by atoms with Crippen LogP contribution in [-0.2, 0) is 0 Å². The third kappa shape index (κ3) is 2.84. The maximum atomic E-state index is 13.5. The lowest BCUT2D eigenvalue weighted by atomic mass is 10.1. The predicted octanol–water partition coefficient (Wildman–Crippen LogP) is 2.82. The highest BCUT2D eigenvalue weighted by Gasteiger charge is 2.29. The van der Waals surface area contributed by atoms with Crippen LogP contribution < -0.4 is 4.90 Å². The molecule has 1 fully saturated rings. The van der Waals surface area contributed by atoms with Crippen LogP contribution in [0.3, 0.4) is 0 Å². The normalized spacial score (nSPS) is 17.9. The van der Waals surface area contributed by atoms with Gasteiger partial charge in [0.2, 0.25) is 0 Å². The summed E-state index contributed by atoms with van der Waals surface area (Å²) in [7, 11) is 0. The van der Waals surface area contributed by atoms with Gasteiger partial charge in [0, 0.05) is 37.6 Å². The fourth-order valence-electron chi connectivity index (χ4n) is 3.42. The summed E-state index contributed by atoms with van der Waals surface area (Å²) in [6, 6.07) is 12.3. The fraction of sp³-hybridized carbons (Fsp3) is 0.263. The third-order valence-corrected chi connectivity index (χ3v) is 4.72. The van der Waals surface area contributed by atoms with E-state index in [4.69, 9.17) is 0 Å². The highest BCUT2D eigenvalue weighted by molar-refractivity contribution is 6.00. The summed E-state index contributed by atoms with van der Waals surface area (Å²) in [5.74, 6) is -0.248. The van der Waals surface area contributed by atoms with Crippen LogP contribution in [0.25, 0.3) is 5.52 Å². The zero-order valence-electron chi connectivity index (χ0n) is 14.0. The molecular formula is C19H19FN4O. The minimum Gasteiger partial charge on any atom is -0.368 e. The van der Waals surface area contributed by atoms with E-state index >= 15 is 0 Å². The largest absolute Gasteiger partial charge is 0.368 e. The first-order chi connectivity index (χ1) is 12.1. The average Bonchev–Trinajstić information content (AvgIpc) is 3.05. The van der Waals surface area contributed by atoms with Gasteiger partial charge < -0.3 is 9.80 Å². The second kappa shape index (κ2) is 6.20. The lowest BCUT2D eigenvalue weighted by molar-refractivity contribution is 0.0676. The van der Waals surface area contributed by atoms with E-state index < -0.39 is 0 Å². The Morgan fingerprint density at radius 1 is 1.20 bits per heavy atom. The Labute approximate surface area is 145 Å². The molecule has 0 aliphatic carbocycles. The number of hydrogen-bond acceptors (Lipinski definition) is 3. The Morgan fingerprint density at radius 3 is 2.88 bits per heavy atom. The van der Waals surface area contributed by atoms with E-state index in [-0.39, 0.29) is 17.8 Å². The molecule has 1 aromatic carbocycles. The molecule has 0 spiro atoms. The first kappa shape index (κ1) is 15.6. The molecule has 0 N–H and O–H groups in total. The number of carbonyl (C=O) groups is 1. The number of pyridine rings is 1. The molecule has 1 atom stereocenters. The maximum absolute atomic E-state index is 13.5. The molecule has 1 aliphatic rings. The van der Waals surface area contributed by atoms with Gasteiger partial charge in [0.1, 0.15) is 5.82 Å². The van der Waals surface area contributed by atoms with Crippen molar-refractivity contribution < 1.29 is 9.18 Å². The van der Waals surface area contributed by atoms with Crippen molar-refractivity contribution in [3.63, 3.8) is 0 Å². The summed E-state index contributed by atoms with van der Waals surface area (Å²) in [5, 5.41) is 4.25. The van der Waals surface area contributed by atoms with E-state index in [0.29, 0.717) is 25.2 Å². The molecule has 2 aromatic heterocycles. The first-order valence-electron chi connectivity index (χ1n) is 8.37. The number of piperazine rings is 1. The van der Waals surface area contributed by atoms with Crippen LogP contribution >= 0.6 is 0 Å². The Bertz CT molecular complexity index is 922. The SMILES string of the molecule is CC1CN(c2cccc(F)c2)CCN1C(=O)c1cnn2ccccc12. The number of benzene rings is 1. The van der Waals surface area contributed by atoms with Gasteiger partial charge in [0.05, 0.1) is 17.3 Å². The number of anilines is 1. The van der Waals surface area contributed by atoms with E-state index in [1.54, 1.807) is 16.8 Å². The molecular weight excluding hydrogens is 319 g/mol. The van der Waals surface area contributed by atoms with Crippen molar-refractivity contribution in [1.29, 1.82) is 0 Å². The number of halogens is 1. The second-order valence-electron chi connectivity index (χ2n) is 6.36. The molecule has 1 unspecified atom stereocenters. The predicted molar refractivity (Wildman–Crippen MR) is 94.3 cm³/mol. The summed E-state index contributed by atoms with van der Waals surface area (Å²) in [4.78, 5) is 17.0. The van der Waals surface area contributed by atoms with Gasteiger partial charge in [-0.15, -0.1) is 0 Å². The number of fused-ring (bicyclic) bond motifs is 1. The molecule has 1 saturated heterocycles. The van der Waals surface area contributed by atoms with Gasteiger partial charge in [-0.05, 0) is 37.3 Å². The molecule has 25 heavy (non-hydrogen) atoms. The number of carbonyl (C=O) groups excluding carboxylic acids is 1. The van der Waals surface area contributed by atoms with Crippen LogP contribution in [0.5, 0.6) is 0 Å². The van der Waals surface area contributed by atoms with Crippen molar-refractivity contribution in [2.24, 2.45) is 0 Å². The zero-order chi connectivity index (χ0) is 17.4. The van der Waals surface area contributed by atoms with Gasteiger partial charge >= 0.3 is 0 Å². The molecule has 0 saturated carbocycles. The quantitative estimate of drug-likeness (QED) is 0.721. The molecule has 5 nitrogen and oxygen atoms in total. The lowest BCUT2D eigenvalue weighted by Crippen LogP contribution is -2.54. The van der Waals surface area contributed by atoms with Crippen molar-refractivity contribution in [3.05, 3.63) is 66.2 Å². The highest BCUT2D eigenvalue weighted by Crippen LogP contribution is 2.22. The van der Waals surface area contributed by atoms with Crippen molar-refractivity contribution in [1.82, 2.24) is 14.5 Å². The van der Waals surface area contributed by atoms with E-state index in [1.165, 1.54) is 12.1 Å². The third-order valence-electron chi connectivity index (χ3n) is 4.72. The topological polar surface area (TPSA) is 40.8 Å². The van der Waals surface area contributed by atoms with Crippen LogP contribution in [0.4, 0.5) is 10.1 Å². The smallest absolute Gasteiger partial charge is 0.258 e. The van der Waals surface area contributed by atoms with Crippen LogP contribution in [0.2, 0.25) is 0 Å². The summed E-state index contributed by atoms with van der Waals surface area (Å²) >= 11 is 0. The van der Waals surface area contributed by atoms with Gasteiger partial charge in [-0.3, -0.25) is 4.79 Å². The number of rotatable bonds is 2. The minimum absolute atomic E-state index is 0.00686. The summed E-state index contributed by atoms with van der Waals surface area (Å²) in [5.41, 5.74) is 2.29. The molecule has 1 amide bonds. The van der Waals surface area contributed by atoms with Crippen molar-refractivity contribution in [2.75, 3.05) is 24.5 Å². The van der Waals surface area contributed by atoms with E-state index in [9.17, 15) is 9.18 Å². The Hall–Kier alpha value is -2.89. The molecule has 0 radical (unpaired) electrons. The molecule has 6 heteroatoms. The van der Waals surface area contributed by atoms with Crippen LogP contribution in [-0.4, -0.2) is 46.1 Å². The number of amides is 1. The van der Waals surface area contributed by atoms with Gasteiger partial charge in [0.15, 0.2) is 0 Å². The standard InChI is InChI=1S/C19H19FN4O/c1-14-13-22(16-6-4-5-15(20)11-16)9-10-23(14)19(25)17-12-21-24-8-3-2-7-18(17)24/h2-8,11-12,14H,9-10,13H2,1H3. The van der Waals surface area contributed by atoms with Crippen molar-refractivity contribution in [3.8, 4) is 0 Å².